The average Bonchev–Trinajstić information content (AvgIpc) is 2.35. The van der Waals surface area contributed by atoms with Crippen molar-refractivity contribution in [2.24, 2.45) is 5.92 Å². The molecule has 1 N–H and O–H groups in total. The van der Waals surface area contributed by atoms with E-state index in [2.05, 4.69) is 38.7 Å². The first-order valence-electron chi connectivity index (χ1n) is 6.67. The first kappa shape index (κ1) is 15.4. The van der Waals surface area contributed by atoms with Gasteiger partial charge in [0.25, 0.3) is 0 Å². The SMILES string of the molecule is CC[C@@H]([C@H](OC)c1ccccc1)[C@@H](O)[Si](C)(C)C. The average molecular weight is 266 g/mol. The Balaban J connectivity index is 2.98. The summed E-state index contributed by atoms with van der Waals surface area (Å²) in [5.74, 6) is 0.170. The molecule has 3 heteroatoms. The molecular weight excluding hydrogens is 240 g/mol. The maximum Gasteiger partial charge on any atom is 0.0870 e. The summed E-state index contributed by atoms with van der Waals surface area (Å²) < 4.78 is 5.67. The first-order valence-corrected chi connectivity index (χ1v) is 10.2. The molecule has 0 amide bonds. The van der Waals surface area contributed by atoms with Crippen LogP contribution < -0.4 is 0 Å². The minimum Gasteiger partial charge on any atom is -0.396 e. The molecule has 2 nitrogen and oxygen atoms in total. The summed E-state index contributed by atoms with van der Waals surface area (Å²) in [4.78, 5) is 0. The van der Waals surface area contributed by atoms with Gasteiger partial charge in [-0.3, -0.25) is 0 Å². The van der Waals surface area contributed by atoms with Gasteiger partial charge in [-0.15, -0.1) is 0 Å². The second-order valence-electron chi connectivity index (χ2n) is 5.95. The highest BCUT2D eigenvalue weighted by molar-refractivity contribution is 6.77. The lowest BCUT2D eigenvalue weighted by Crippen LogP contribution is -2.45. The van der Waals surface area contributed by atoms with Gasteiger partial charge in [-0.25, -0.2) is 0 Å². The number of methoxy groups -OCH3 is 1. The fourth-order valence-corrected chi connectivity index (χ4v) is 4.14. The Hall–Kier alpha value is -0.643. The number of hydrogen-bond donors (Lipinski definition) is 1. The number of aliphatic hydroxyl groups is 1. The van der Waals surface area contributed by atoms with E-state index in [1.807, 2.05) is 18.2 Å². The monoisotopic (exact) mass is 266 g/mol. The van der Waals surface area contributed by atoms with Gasteiger partial charge in [0.2, 0.25) is 0 Å². The van der Waals surface area contributed by atoms with Gasteiger partial charge in [0.15, 0.2) is 0 Å². The molecule has 0 aliphatic carbocycles. The normalized spacial score (nSPS) is 17.2. The quantitative estimate of drug-likeness (QED) is 0.797. The molecule has 0 fully saturated rings. The maximum absolute atomic E-state index is 10.6. The smallest absolute Gasteiger partial charge is 0.0870 e. The zero-order valence-electron chi connectivity index (χ0n) is 12.2. The molecule has 0 unspecified atom stereocenters. The van der Waals surface area contributed by atoms with Gasteiger partial charge in [0, 0.05) is 13.0 Å². The number of hydrogen-bond acceptors (Lipinski definition) is 2. The van der Waals surface area contributed by atoms with E-state index in [0.29, 0.717) is 0 Å². The van der Waals surface area contributed by atoms with Gasteiger partial charge in [-0.2, -0.15) is 0 Å². The minimum atomic E-state index is -1.58. The number of aliphatic hydroxyl groups excluding tert-OH is 1. The second kappa shape index (κ2) is 6.50. The summed E-state index contributed by atoms with van der Waals surface area (Å²) in [6.45, 7) is 8.75. The lowest BCUT2D eigenvalue weighted by atomic mass is 9.94. The van der Waals surface area contributed by atoms with Crippen LogP contribution in [0.25, 0.3) is 0 Å². The summed E-state index contributed by atoms with van der Waals surface area (Å²) in [5.41, 5.74) is 0.914. The fourth-order valence-electron chi connectivity index (χ4n) is 2.45. The molecule has 0 saturated carbocycles. The number of ether oxygens (including phenoxy) is 1. The van der Waals surface area contributed by atoms with Crippen LogP contribution >= 0.6 is 0 Å². The van der Waals surface area contributed by atoms with Crippen LogP contribution in [0.15, 0.2) is 30.3 Å². The zero-order chi connectivity index (χ0) is 13.8. The first-order chi connectivity index (χ1) is 8.41. The molecule has 1 aromatic rings. The Labute approximate surface area is 112 Å². The van der Waals surface area contributed by atoms with Crippen LogP contribution in [0, 0.1) is 5.92 Å². The second-order valence-corrected chi connectivity index (χ2v) is 11.3. The van der Waals surface area contributed by atoms with E-state index in [1.165, 1.54) is 0 Å². The molecule has 102 valence electrons. The summed E-state index contributed by atoms with van der Waals surface area (Å²) in [5, 5.41) is 10.6. The molecule has 0 saturated heterocycles. The van der Waals surface area contributed by atoms with Gasteiger partial charge in [0.05, 0.1) is 19.9 Å². The molecule has 3 atom stereocenters. The lowest BCUT2D eigenvalue weighted by molar-refractivity contribution is 0.00686. The van der Waals surface area contributed by atoms with Crippen molar-refractivity contribution in [3.05, 3.63) is 35.9 Å². The molecule has 0 radical (unpaired) electrons. The molecule has 0 aromatic heterocycles. The van der Waals surface area contributed by atoms with E-state index in [9.17, 15) is 5.11 Å². The molecular formula is C15H26O2Si. The van der Waals surface area contributed by atoms with Crippen molar-refractivity contribution in [2.45, 2.75) is 44.8 Å². The van der Waals surface area contributed by atoms with Gasteiger partial charge >= 0.3 is 0 Å². The van der Waals surface area contributed by atoms with Crippen LogP contribution in [0.1, 0.15) is 25.0 Å². The van der Waals surface area contributed by atoms with Crippen LogP contribution in [0.5, 0.6) is 0 Å². The van der Waals surface area contributed by atoms with E-state index >= 15 is 0 Å². The summed E-state index contributed by atoms with van der Waals surface area (Å²) in [6.07, 6.45) is 0.914. The van der Waals surface area contributed by atoms with Crippen molar-refractivity contribution >= 4 is 8.07 Å². The topological polar surface area (TPSA) is 29.5 Å². The predicted molar refractivity (Wildman–Crippen MR) is 79.3 cm³/mol. The third-order valence-electron chi connectivity index (χ3n) is 3.54. The van der Waals surface area contributed by atoms with E-state index < -0.39 is 8.07 Å². The Bertz CT molecular complexity index is 345. The Morgan fingerprint density at radius 1 is 1.17 bits per heavy atom. The molecule has 0 aliphatic heterocycles. The Morgan fingerprint density at radius 3 is 2.11 bits per heavy atom. The van der Waals surface area contributed by atoms with E-state index in [4.69, 9.17) is 4.74 Å². The van der Waals surface area contributed by atoms with E-state index in [-0.39, 0.29) is 17.7 Å². The van der Waals surface area contributed by atoms with Gasteiger partial charge < -0.3 is 9.84 Å². The largest absolute Gasteiger partial charge is 0.396 e. The maximum atomic E-state index is 10.6. The molecule has 0 spiro atoms. The summed E-state index contributed by atoms with van der Waals surface area (Å²) in [7, 11) is 0.152. The van der Waals surface area contributed by atoms with Crippen molar-refractivity contribution in [2.75, 3.05) is 7.11 Å². The zero-order valence-corrected chi connectivity index (χ0v) is 13.2. The summed E-state index contributed by atoms with van der Waals surface area (Å²) >= 11 is 0. The highest BCUT2D eigenvalue weighted by Crippen LogP contribution is 2.33. The van der Waals surface area contributed by atoms with E-state index in [0.717, 1.165) is 12.0 Å². The highest BCUT2D eigenvalue weighted by Gasteiger charge is 2.36. The van der Waals surface area contributed by atoms with Crippen molar-refractivity contribution in [1.82, 2.24) is 0 Å². The van der Waals surface area contributed by atoms with Crippen molar-refractivity contribution in [3.63, 3.8) is 0 Å². The Morgan fingerprint density at radius 2 is 1.72 bits per heavy atom. The third-order valence-corrected chi connectivity index (χ3v) is 5.74. The molecule has 1 aromatic carbocycles. The van der Waals surface area contributed by atoms with Crippen molar-refractivity contribution in [1.29, 1.82) is 0 Å². The van der Waals surface area contributed by atoms with Crippen LogP contribution in [0.4, 0.5) is 0 Å². The number of rotatable bonds is 6. The van der Waals surface area contributed by atoms with E-state index in [1.54, 1.807) is 7.11 Å². The Kier molecular flexibility index (Phi) is 5.57. The van der Waals surface area contributed by atoms with Crippen LogP contribution in [-0.4, -0.2) is 26.0 Å². The van der Waals surface area contributed by atoms with Gasteiger partial charge in [-0.05, 0) is 12.0 Å². The van der Waals surface area contributed by atoms with Gasteiger partial charge in [-0.1, -0.05) is 56.9 Å². The molecule has 1 rings (SSSR count). The molecule has 0 aliphatic rings. The van der Waals surface area contributed by atoms with Crippen molar-refractivity contribution in [3.8, 4) is 0 Å². The molecule has 0 heterocycles. The fraction of sp³-hybridized carbons (Fsp3) is 0.600. The standard InChI is InChI=1S/C15H26O2Si/c1-6-13(15(16)18(3,4)5)14(17-2)12-10-8-7-9-11-12/h7-11,13-16H,6H2,1-5H3/t13-,14+,15-/m0/s1. The van der Waals surface area contributed by atoms with Crippen molar-refractivity contribution < 1.29 is 9.84 Å². The lowest BCUT2D eigenvalue weighted by Gasteiger charge is -2.35. The number of benzene rings is 1. The molecule has 0 bridgehead atoms. The third kappa shape index (κ3) is 3.67. The molecule has 18 heavy (non-hydrogen) atoms. The summed E-state index contributed by atoms with van der Waals surface area (Å²) in [6, 6.07) is 10.2. The minimum absolute atomic E-state index is 0.0158. The predicted octanol–water partition coefficient (Wildman–Crippen LogP) is 3.64. The van der Waals surface area contributed by atoms with Crippen LogP contribution in [0.2, 0.25) is 19.6 Å². The van der Waals surface area contributed by atoms with Crippen LogP contribution in [-0.2, 0) is 4.74 Å². The van der Waals surface area contributed by atoms with Crippen LogP contribution in [0.3, 0.4) is 0 Å². The highest BCUT2D eigenvalue weighted by atomic mass is 28.3. The van der Waals surface area contributed by atoms with Gasteiger partial charge in [0.1, 0.15) is 0 Å².